The molecule has 1 amide bonds. The van der Waals surface area contributed by atoms with Gasteiger partial charge < -0.3 is 0 Å². The molecule has 0 aliphatic rings. The number of aryl methyl sites for hydroxylation is 1. The van der Waals surface area contributed by atoms with E-state index in [2.05, 4.69) is 31.2 Å². The van der Waals surface area contributed by atoms with Crippen LogP contribution >= 0.6 is 15.9 Å². The first-order valence-corrected chi connectivity index (χ1v) is 6.34. The minimum Gasteiger partial charge on any atom is -0.295 e. The summed E-state index contributed by atoms with van der Waals surface area (Å²) in [5.41, 5.74) is 1.14. The molecule has 92 valence electrons. The number of halogens is 1. The number of hydrogen-bond donors (Lipinski definition) is 1. The van der Waals surface area contributed by atoms with Crippen LogP contribution in [0.5, 0.6) is 0 Å². The predicted molar refractivity (Wildman–Crippen MR) is 73.1 cm³/mol. The molecule has 4 nitrogen and oxygen atoms in total. The fourth-order valence-corrected chi connectivity index (χ4v) is 1.67. The molecule has 0 saturated carbocycles. The average Bonchev–Trinajstić information content (AvgIpc) is 2.40. The molecular weight excluding hydrogens is 294 g/mol. The van der Waals surface area contributed by atoms with E-state index in [-0.39, 0.29) is 5.91 Å². The van der Waals surface area contributed by atoms with E-state index in [1.807, 2.05) is 30.3 Å². The number of anilines is 1. The second-order valence-electron chi connectivity index (χ2n) is 3.76. The quantitative estimate of drug-likeness (QED) is 0.945. The maximum absolute atomic E-state index is 11.7. The number of nitrogens with one attached hydrogen (secondary N) is 1. The lowest BCUT2D eigenvalue weighted by Crippen LogP contribution is -2.14. The van der Waals surface area contributed by atoms with E-state index in [4.69, 9.17) is 0 Å². The van der Waals surface area contributed by atoms with Crippen molar-refractivity contribution in [2.45, 2.75) is 12.8 Å². The Bertz CT molecular complexity index is 514. The number of carbonyl (C=O) groups excluding carboxylic acids is 1. The maximum Gasteiger partial charge on any atom is 0.229 e. The van der Waals surface area contributed by atoms with Gasteiger partial charge in [0.15, 0.2) is 0 Å². The van der Waals surface area contributed by atoms with Gasteiger partial charge in [-0.25, -0.2) is 9.97 Å². The number of benzene rings is 1. The Hall–Kier alpha value is -1.75. The Morgan fingerprint density at radius 2 is 1.83 bits per heavy atom. The van der Waals surface area contributed by atoms with Crippen molar-refractivity contribution in [1.82, 2.24) is 9.97 Å². The second kappa shape index (κ2) is 6.26. The first-order chi connectivity index (χ1) is 8.74. The van der Waals surface area contributed by atoms with E-state index >= 15 is 0 Å². The summed E-state index contributed by atoms with van der Waals surface area (Å²) in [6, 6.07) is 9.89. The van der Waals surface area contributed by atoms with Crippen molar-refractivity contribution in [2.75, 3.05) is 5.32 Å². The molecule has 0 saturated heterocycles. The zero-order valence-corrected chi connectivity index (χ0v) is 11.2. The normalized spacial score (nSPS) is 10.1. The van der Waals surface area contributed by atoms with Crippen LogP contribution in [0.4, 0.5) is 5.95 Å². The van der Waals surface area contributed by atoms with E-state index in [1.54, 1.807) is 12.4 Å². The summed E-state index contributed by atoms with van der Waals surface area (Å²) >= 11 is 3.24. The van der Waals surface area contributed by atoms with Gasteiger partial charge in [0.25, 0.3) is 0 Å². The highest BCUT2D eigenvalue weighted by Crippen LogP contribution is 2.08. The van der Waals surface area contributed by atoms with Crippen molar-refractivity contribution in [3.63, 3.8) is 0 Å². The fraction of sp³-hybridized carbons (Fsp3) is 0.154. The minimum atomic E-state index is -0.0822. The highest BCUT2D eigenvalue weighted by Gasteiger charge is 2.04. The third-order valence-electron chi connectivity index (χ3n) is 2.36. The van der Waals surface area contributed by atoms with Crippen molar-refractivity contribution in [3.8, 4) is 0 Å². The van der Waals surface area contributed by atoms with Crippen LogP contribution in [0.2, 0.25) is 0 Å². The molecule has 1 N–H and O–H groups in total. The molecule has 0 aliphatic carbocycles. The van der Waals surface area contributed by atoms with Gasteiger partial charge in [-0.2, -0.15) is 0 Å². The third-order valence-corrected chi connectivity index (χ3v) is 2.76. The molecule has 2 rings (SSSR count). The lowest BCUT2D eigenvalue weighted by molar-refractivity contribution is -0.116. The van der Waals surface area contributed by atoms with Gasteiger partial charge in [0.05, 0.1) is 4.47 Å². The largest absolute Gasteiger partial charge is 0.295 e. The lowest BCUT2D eigenvalue weighted by atomic mass is 10.1. The highest BCUT2D eigenvalue weighted by atomic mass is 79.9. The van der Waals surface area contributed by atoms with E-state index in [0.29, 0.717) is 18.8 Å². The van der Waals surface area contributed by atoms with Gasteiger partial charge in [0.2, 0.25) is 11.9 Å². The van der Waals surface area contributed by atoms with Crippen LogP contribution in [-0.2, 0) is 11.2 Å². The van der Waals surface area contributed by atoms with Crippen LogP contribution in [0.15, 0.2) is 47.2 Å². The van der Waals surface area contributed by atoms with Crippen LogP contribution in [0.1, 0.15) is 12.0 Å². The smallest absolute Gasteiger partial charge is 0.229 e. The van der Waals surface area contributed by atoms with Crippen molar-refractivity contribution < 1.29 is 4.79 Å². The summed E-state index contributed by atoms with van der Waals surface area (Å²) in [4.78, 5) is 19.6. The average molecular weight is 306 g/mol. The Balaban J connectivity index is 1.84. The zero-order valence-electron chi connectivity index (χ0n) is 9.64. The number of carbonyl (C=O) groups is 1. The van der Waals surface area contributed by atoms with Gasteiger partial charge in [-0.3, -0.25) is 10.1 Å². The van der Waals surface area contributed by atoms with Crippen LogP contribution in [-0.4, -0.2) is 15.9 Å². The fourth-order valence-electron chi connectivity index (χ4n) is 1.47. The van der Waals surface area contributed by atoms with Crippen LogP contribution in [0, 0.1) is 0 Å². The highest BCUT2D eigenvalue weighted by molar-refractivity contribution is 9.10. The summed E-state index contributed by atoms with van der Waals surface area (Å²) in [7, 11) is 0. The standard InChI is InChI=1S/C13H12BrN3O/c14-11-8-15-13(16-9-11)17-12(18)7-6-10-4-2-1-3-5-10/h1-5,8-9H,6-7H2,(H,15,16,17,18). The van der Waals surface area contributed by atoms with E-state index in [9.17, 15) is 4.79 Å². The van der Waals surface area contributed by atoms with Crippen molar-refractivity contribution in [3.05, 3.63) is 52.8 Å². The van der Waals surface area contributed by atoms with Gasteiger partial charge in [-0.05, 0) is 27.9 Å². The Morgan fingerprint density at radius 3 is 2.50 bits per heavy atom. The number of nitrogens with zero attached hydrogens (tertiary/aromatic N) is 2. The molecule has 5 heteroatoms. The van der Waals surface area contributed by atoms with Crippen LogP contribution in [0.3, 0.4) is 0 Å². The first kappa shape index (κ1) is 12.7. The first-order valence-electron chi connectivity index (χ1n) is 5.55. The van der Waals surface area contributed by atoms with Gasteiger partial charge >= 0.3 is 0 Å². The summed E-state index contributed by atoms with van der Waals surface area (Å²) in [6.07, 6.45) is 4.33. The van der Waals surface area contributed by atoms with Gasteiger partial charge in [-0.1, -0.05) is 30.3 Å². The summed E-state index contributed by atoms with van der Waals surface area (Å²) in [6.45, 7) is 0. The molecule has 1 heterocycles. The topological polar surface area (TPSA) is 54.9 Å². The van der Waals surface area contributed by atoms with E-state index < -0.39 is 0 Å². The van der Waals surface area contributed by atoms with Crippen molar-refractivity contribution in [2.24, 2.45) is 0 Å². The number of rotatable bonds is 4. The number of amides is 1. The molecule has 1 aromatic heterocycles. The molecule has 0 spiro atoms. The Labute approximate surface area is 114 Å². The zero-order chi connectivity index (χ0) is 12.8. The van der Waals surface area contributed by atoms with Crippen LogP contribution < -0.4 is 5.32 Å². The van der Waals surface area contributed by atoms with Gasteiger partial charge in [0, 0.05) is 18.8 Å². The van der Waals surface area contributed by atoms with E-state index in [0.717, 1.165) is 10.0 Å². The van der Waals surface area contributed by atoms with Crippen LogP contribution in [0.25, 0.3) is 0 Å². The maximum atomic E-state index is 11.7. The van der Waals surface area contributed by atoms with Crippen molar-refractivity contribution in [1.29, 1.82) is 0 Å². The van der Waals surface area contributed by atoms with Gasteiger partial charge in [0.1, 0.15) is 0 Å². The molecular formula is C13H12BrN3O. The van der Waals surface area contributed by atoms with Crippen molar-refractivity contribution >= 4 is 27.8 Å². The Morgan fingerprint density at radius 1 is 1.17 bits per heavy atom. The van der Waals surface area contributed by atoms with Gasteiger partial charge in [-0.15, -0.1) is 0 Å². The molecule has 1 aromatic carbocycles. The molecule has 0 aliphatic heterocycles. The third kappa shape index (κ3) is 3.92. The SMILES string of the molecule is O=C(CCc1ccccc1)Nc1ncc(Br)cn1. The summed E-state index contributed by atoms with van der Waals surface area (Å²) in [5, 5.41) is 2.66. The second-order valence-corrected chi connectivity index (χ2v) is 4.67. The minimum absolute atomic E-state index is 0.0822. The molecule has 2 aromatic rings. The summed E-state index contributed by atoms with van der Waals surface area (Å²) in [5.74, 6) is 0.248. The molecule has 0 atom stereocenters. The monoisotopic (exact) mass is 305 g/mol. The molecule has 18 heavy (non-hydrogen) atoms. The number of aromatic nitrogens is 2. The van der Waals surface area contributed by atoms with E-state index in [1.165, 1.54) is 0 Å². The predicted octanol–water partition coefficient (Wildman–Crippen LogP) is 2.81. The lowest BCUT2D eigenvalue weighted by Gasteiger charge is -2.03. The number of hydrogen-bond acceptors (Lipinski definition) is 3. The molecule has 0 fully saturated rings. The summed E-state index contributed by atoms with van der Waals surface area (Å²) < 4.78 is 0.782. The molecule has 0 radical (unpaired) electrons. The molecule has 0 bridgehead atoms. The Kier molecular flexibility index (Phi) is 4.41. The molecule has 0 unspecified atom stereocenters.